The Kier molecular flexibility index (Phi) is 4.20. The van der Waals surface area contributed by atoms with E-state index in [0.29, 0.717) is 0 Å². The molecule has 2 nitrogen and oxygen atoms in total. The first kappa shape index (κ1) is 12.6. The van der Waals surface area contributed by atoms with Gasteiger partial charge >= 0.3 is 0 Å². The zero-order valence-corrected chi connectivity index (χ0v) is 11.8. The van der Waals surface area contributed by atoms with Gasteiger partial charge in [0.05, 0.1) is 6.61 Å². The summed E-state index contributed by atoms with van der Waals surface area (Å²) in [5.74, 6) is 0. The van der Waals surface area contributed by atoms with E-state index in [9.17, 15) is 0 Å². The van der Waals surface area contributed by atoms with E-state index >= 15 is 0 Å². The average Bonchev–Trinajstić information content (AvgIpc) is 2.32. The van der Waals surface area contributed by atoms with E-state index in [2.05, 4.69) is 33.0 Å². The molecule has 0 aliphatic heterocycles. The van der Waals surface area contributed by atoms with Crippen molar-refractivity contribution in [3.05, 3.63) is 52.1 Å². The molecule has 4 heteroatoms. The molecule has 2 rings (SSSR count). The second-order valence-corrected chi connectivity index (χ2v) is 5.66. The van der Waals surface area contributed by atoms with E-state index in [1.54, 1.807) is 18.0 Å². The van der Waals surface area contributed by atoms with Crippen molar-refractivity contribution in [2.24, 2.45) is 0 Å². The maximum atomic E-state index is 9.03. The molecule has 0 aliphatic rings. The van der Waals surface area contributed by atoms with Crippen molar-refractivity contribution in [1.82, 2.24) is 4.98 Å². The molecule has 0 spiro atoms. The van der Waals surface area contributed by atoms with Gasteiger partial charge in [-0.05, 0) is 42.3 Å². The first-order valence-electron chi connectivity index (χ1n) is 5.19. The molecule has 0 bridgehead atoms. The van der Waals surface area contributed by atoms with Gasteiger partial charge in [0.2, 0.25) is 0 Å². The third kappa shape index (κ3) is 3.31. The SMILES string of the molecule is Cc1cc(CO)cnc1Sc1cccc(Br)c1. The molecule has 0 amide bonds. The van der Waals surface area contributed by atoms with Gasteiger partial charge in [-0.3, -0.25) is 0 Å². The van der Waals surface area contributed by atoms with Crippen molar-refractivity contribution in [2.45, 2.75) is 23.5 Å². The van der Waals surface area contributed by atoms with Gasteiger partial charge in [-0.15, -0.1) is 0 Å². The van der Waals surface area contributed by atoms with E-state index in [1.165, 1.54) is 0 Å². The molecule has 1 N–H and O–H groups in total. The van der Waals surface area contributed by atoms with Crippen LogP contribution in [0.5, 0.6) is 0 Å². The highest BCUT2D eigenvalue weighted by Gasteiger charge is 2.04. The zero-order valence-electron chi connectivity index (χ0n) is 9.35. The molecule has 0 saturated heterocycles. The van der Waals surface area contributed by atoms with Crippen LogP contribution in [0.4, 0.5) is 0 Å². The van der Waals surface area contributed by atoms with Crippen molar-refractivity contribution in [3.8, 4) is 0 Å². The first-order chi connectivity index (χ1) is 8.19. The Labute approximate surface area is 113 Å². The number of halogens is 1. The Bertz CT molecular complexity index is 531. The van der Waals surface area contributed by atoms with Crippen LogP contribution in [0, 0.1) is 6.92 Å². The Morgan fingerprint density at radius 2 is 2.18 bits per heavy atom. The highest BCUT2D eigenvalue weighted by Crippen LogP contribution is 2.30. The summed E-state index contributed by atoms with van der Waals surface area (Å²) in [7, 11) is 0. The number of hydrogen-bond donors (Lipinski definition) is 1. The fourth-order valence-electron chi connectivity index (χ4n) is 1.46. The van der Waals surface area contributed by atoms with E-state index in [-0.39, 0.29) is 6.61 Å². The minimum atomic E-state index is 0.0374. The Hall–Kier alpha value is -0.840. The molecule has 0 unspecified atom stereocenters. The molecule has 0 fully saturated rings. The molecule has 0 aliphatic carbocycles. The summed E-state index contributed by atoms with van der Waals surface area (Å²) in [5, 5.41) is 10.00. The number of benzene rings is 1. The highest BCUT2D eigenvalue weighted by atomic mass is 79.9. The molecular formula is C13H12BrNOS. The van der Waals surface area contributed by atoms with Crippen molar-refractivity contribution in [1.29, 1.82) is 0 Å². The lowest BCUT2D eigenvalue weighted by atomic mass is 10.2. The number of pyridine rings is 1. The molecule has 88 valence electrons. The largest absolute Gasteiger partial charge is 0.392 e. The quantitative estimate of drug-likeness (QED) is 0.936. The molecule has 1 heterocycles. The van der Waals surface area contributed by atoms with E-state index in [0.717, 1.165) is 25.5 Å². The maximum Gasteiger partial charge on any atom is 0.104 e. The Morgan fingerprint density at radius 1 is 1.35 bits per heavy atom. The lowest BCUT2D eigenvalue weighted by Crippen LogP contribution is -1.90. The third-order valence-corrected chi connectivity index (χ3v) is 3.88. The van der Waals surface area contributed by atoms with Gasteiger partial charge in [0, 0.05) is 15.6 Å². The van der Waals surface area contributed by atoms with Crippen molar-refractivity contribution in [3.63, 3.8) is 0 Å². The molecule has 0 saturated carbocycles. The molecule has 0 radical (unpaired) electrons. The number of aryl methyl sites for hydroxylation is 1. The van der Waals surface area contributed by atoms with Crippen LogP contribution in [0.2, 0.25) is 0 Å². The number of aliphatic hydroxyl groups excluding tert-OH is 1. The second-order valence-electron chi connectivity index (χ2n) is 3.68. The molecule has 1 aromatic carbocycles. The van der Waals surface area contributed by atoms with Crippen molar-refractivity contribution in [2.75, 3.05) is 0 Å². The molecule has 0 atom stereocenters. The van der Waals surface area contributed by atoms with Crippen LogP contribution >= 0.6 is 27.7 Å². The third-order valence-electron chi connectivity index (χ3n) is 2.28. The van der Waals surface area contributed by atoms with Gasteiger partial charge < -0.3 is 5.11 Å². The van der Waals surface area contributed by atoms with Crippen LogP contribution in [0.25, 0.3) is 0 Å². The Balaban J connectivity index is 2.24. The summed E-state index contributed by atoms with van der Waals surface area (Å²) in [6.07, 6.45) is 1.72. The fraction of sp³-hybridized carbons (Fsp3) is 0.154. The standard InChI is InChI=1S/C13H12BrNOS/c1-9-5-10(8-16)7-15-13(9)17-12-4-2-3-11(14)6-12/h2-7,16H,8H2,1H3. The highest BCUT2D eigenvalue weighted by molar-refractivity contribution is 9.10. The lowest BCUT2D eigenvalue weighted by molar-refractivity contribution is 0.281. The van der Waals surface area contributed by atoms with Gasteiger partial charge in [0.25, 0.3) is 0 Å². The summed E-state index contributed by atoms with van der Waals surface area (Å²) in [5.41, 5.74) is 1.93. The van der Waals surface area contributed by atoms with Gasteiger partial charge in [-0.1, -0.05) is 33.8 Å². The molecule has 1 aromatic heterocycles. The summed E-state index contributed by atoms with van der Waals surface area (Å²) in [6.45, 7) is 2.04. The van der Waals surface area contributed by atoms with E-state index in [4.69, 9.17) is 5.11 Å². The van der Waals surface area contributed by atoms with Crippen molar-refractivity contribution >= 4 is 27.7 Å². The van der Waals surface area contributed by atoms with E-state index in [1.807, 2.05) is 25.1 Å². The summed E-state index contributed by atoms with van der Waals surface area (Å²) in [4.78, 5) is 5.51. The number of aliphatic hydroxyl groups is 1. The predicted octanol–water partition coefficient (Wildman–Crippen LogP) is 3.80. The summed E-state index contributed by atoms with van der Waals surface area (Å²) >= 11 is 5.07. The summed E-state index contributed by atoms with van der Waals surface area (Å²) in [6, 6.07) is 10.1. The monoisotopic (exact) mass is 309 g/mol. The number of nitrogens with zero attached hydrogens (tertiary/aromatic N) is 1. The number of rotatable bonds is 3. The fourth-order valence-corrected chi connectivity index (χ4v) is 2.89. The van der Waals surface area contributed by atoms with Gasteiger partial charge in [0.15, 0.2) is 0 Å². The van der Waals surface area contributed by atoms with Crippen LogP contribution in [0.15, 0.2) is 50.9 Å². The molecule has 17 heavy (non-hydrogen) atoms. The van der Waals surface area contributed by atoms with E-state index < -0.39 is 0 Å². The first-order valence-corrected chi connectivity index (χ1v) is 6.80. The predicted molar refractivity (Wildman–Crippen MR) is 73.2 cm³/mol. The van der Waals surface area contributed by atoms with Crippen LogP contribution in [-0.4, -0.2) is 10.1 Å². The minimum Gasteiger partial charge on any atom is -0.392 e. The van der Waals surface area contributed by atoms with Crippen LogP contribution < -0.4 is 0 Å². The van der Waals surface area contributed by atoms with Gasteiger partial charge in [-0.25, -0.2) is 4.98 Å². The van der Waals surface area contributed by atoms with Crippen LogP contribution in [0.3, 0.4) is 0 Å². The van der Waals surface area contributed by atoms with Crippen molar-refractivity contribution < 1.29 is 5.11 Å². The van der Waals surface area contributed by atoms with Gasteiger partial charge in [-0.2, -0.15) is 0 Å². The second kappa shape index (κ2) is 5.67. The summed E-state index contributed by atoms with van der Waals surface area (Å²) < 4.78 is 1.06. The van der Waals surface area contributed by atoms with Crippen LogP contribution in [-0.2, 0) is 6.61 Å². The maximum absolute atomic E-state index is 9.03. The number of aromatic nitrogens is 1. The zero-order chi connectivity index (χ0) is 12.3. The Morgan fingerprint density at radius 3 is 2.82 bits per heavy atom. The van der Waals surface area contributed by atoms with Crippen LogP contribution in [0.1, 0.15) is 11.1 Å². The number of hydrogen-bond acceptors (Lipinski definition) is 3. The minimum absolute atomic E-state index is 0.0374. The van der Waals surface area contributed by atoms with Gasteiger partial charge in [0.1, 0.15) is 5.03 Å². The molecule has 2 aromatic rings. The lowest BCUT2D eigenvalue weighted by Gasteiger charge is -2.06. The normalized spacial score (nSPS) is 10.5. The molecular weight excluding hydrogens is 298 g/mol. The average molecular weight is 310 g/mol. The topological polar surface area (TPSA) is 33.1 Å². The smallest absolute Gasteiger partial charge is 0.104 e.